The molecule has 4 nitrogen and oxygen atoms in total. The largest absolute Gasteiger partial charge is 0.455 e. The molecule has 1 atom stereocenters. The van der Waals surface area contributed by atoms with E-state index in [-0.39, 0.29) is 17.7 Å². The molecule has 1 aliphatic rings. The number of halogens is 1. The van der Waals surface area contributed by atoms with Gasteiger partial charge in [-0.2, -0.15) is 0 Å². The van der Waals surface area contributed by atoms with Gasteiger partial charge in [0.15, 0.2) is 5.76 Å². The molecule has 1 amide bonds. The molecule has 2 aromatic rings. The highest BCUT2D eigenvalue weighted by Gasteiger charge is 2.18. The number of rotatable bonds is 5. The molecule has 1 fully saturated rings. The molecule has 1 saturated carbocycles. The van der Waals surface area contributed by atoms with Gasteiger partial charge in [0.2, 0.25) is 0 Å². The summed E-state index contributed by atoms with van der Waals surface area (Å²) in [5, 5.41) is 3.09. The van der Waals surface area contributed by atoms with Crippen molar-refractivity contribution < 1.29 is 13.4 Å². The number of nitrogens with one attached hydrogen (secondary N) is 1. The third-order valence-corrected chi connectivity index (χ3v) is 6.55. The molecule has 6 heteroatoms. The molecular formula is C20H24BrNO3S. The molecule has 1 aromatic heterocycles. The maximum absolute atomic E-state index is 12.4. The molecule has 1 heterocycles. The van der Waals surface area contributed by atoms with Gasteiger partial charge in [-0.25, -0.2) is 0 Å². The molecule has 1 aliphatic carbocycles. The van der Waals surface area contributed by atoms with Crippen LogP contribution in [0.1, 0.15) is 61.3 Å². The van der Waals surface area contributed by atoms with Crippen LogP contribution in [0.25, 0.3) is 0 Å². The summed E-state index contributed by atoms with van der Waals surface area (Å²) in [7, 11) is -1.20. The fourth-order valence-corrected chi connectivity index (χ4v) is 4.52. The van der Waals surface area contributed by atoms with Crippen LogP contribution in [-0.2, 0) is 16.6 Å². The third-order valence-electron chi connectivity index (χ3n) is 4.68. The Hall–Kier alpha value is -1.40. The van der Waals surface area contributed by atoms with Gasteiger partial charge in [0, 0.05) is 15.4 Å². The second-order valence-corrected chi connectivity index (χ2v) is 9.09. The first-order chi connectivity index (χ1) is 12.6. The maximum Gasteiger partial charge on any atom is 0.287 e. The number of carbonyl (C=O) groups is 1. The second-order valence-electron chi connectivity index (χ2n) is 6.73. The summed E-state index contributed by atoms with van der Waals surface area (Å²) < 4.78 is 19.0. The lowest BCUT2D eigenvalue weighted by Gasteiger charge is -2.20. The van der Waals surface area contributed by atoms with Crippen molar-refractivity contribution in [2.24, 2.45) is 0 Å². The van der Waals surface area contributed by atoms with E-state index in [0.29, 0.717) is 11.5 Å². The molecule has 140 valence electrons. The molecule has 0 aliphatic heterocycles. The van der Waals surface area contributed by atoms with Crippen LogP contribution < -0.4 is 5.32 Å². The standard InChI is InChI=1S/C20H24BrNO3S/c21-15-8-11-18(12-9-15)26(24)14-17-10-13-19(25-17)20(23)22-16-6-4-2-1-3-5-7-16/h8-13,16H,1-7,14H2,(H,22,23)/t26-/m1/s1. The van der Waals surface area contributed by atoms with Crippen LogP contribution in [0.2, 0.25) is 0 Å². The van der Waals surface area contributed by atoms with Crippen LogP contribution in [0.5, 0.6) is 0 Å². The van der Waals surface area contributed by atoms with E-state index in [9.17, 15) is 9.00 Å². The number of hydrogen-bond acceptors (Lipinski definition) is 3. The van der Waals surface area contributed by atoms with Gasteiger partial charge in [0.25, 0.3) is 5.91 Å². The van der Waals surface area contributed by atoms with Crippen LogP contribution in [-0.4, -0.2) is 16.2 Å². The first-order valence-corrected chi connectivity index (χ1v) is 11.3. The quantitative estimate of drug-likeness (QED) is 0.699. The van der Waals surface area contributed by atoms with Crippen molar-refractivity contribution in [1.29, 1.82) is 0 Å². The van der Waals surface area contributed by atoms with Crippen LogP contribution in [0.15, 0.2) is 50.2 Å². The minimum atomic E-state index is -1.20. The van der Waals surface area contributed by atoms with Gasteiger partial charge in [-0.05, 0) is 49.2 Å². The zero-order chi connectivity index (χ0) is 18.4. The molecule has 0 spiro atoms. The number of benzene rings is 1. The zero-order valence-electron chi connectivity index (χ0n) is 14.7. The van der Waals surface area contributed by atoms with E-state index in [2.05, 4.69) is 21.2 Å². The lowest BCUT2D eigenvalue weighted by Crippen LogP contribution is -2.35. The van der Waals surface area contributed by atoms with Crippen LogP contribution in [0.4, 0.5) is 0 Å². The van der Waals surface area contributed by atoms with Gasteiger partial charge >= 0.3 is 0 Å². The average molecular weight is 438 g/mol. The maximum atomic E-state index is 12.4. The number of carbonyl (C=O) groups excluding carboxylic acids is 1. The topological polar surface area (TPSA) is 59.3 Å². The van der Waals surface area contributed by atoms with Gasteiger partial charge in [-0.3, -0.25) is 9.00 Å². The highest BCUT2D eigenvalue weighted by Crippen LogP contribution is 2.20. The van der Waals surface area contributed by atoms with E-state index in [1.165, 1.54) is 32.1 Å². The number of hydrogen-bond donors (Lipinski definition) is 1. The molecule has 0 unspecified atom stereocenters. The molecule has 0 bridgehead atoms. The summed E-state index contributed by atoms with van der Waals surface area (Å²) >= 11 is 3.37. The SMILES string of the molecule is O=C(NC1CCCCCCC1)c1ccc(C[S@@](=O)c2ccc(Br)cc2)o1. The predicted octanol–water partition coefficient (Wildman–Crippen LogP) is 5.19. The number of amides is 1. The lowest BCUT2D eigenvalue weighted by atomic mass is 9.97. The Kier molecular flexibility index (Phi) is 7.08. The van der Waals surface area contributed by atoms with Gasteiger partial charge in [0.05, 0.1) is 16.6 Å². The summed E-state index contributed by atoms with van der Waals surface area (Å²) in [5.74, 6) is 0.957. The average Bonchev–Trinajstić information content (AvgIpc) is 3.06. The van der Waals surface area contributed by atoms with Crippen molar-refractivity contribution >= 4 is 32.6 Å². The van der Waals surface area contributed by atoms with E-state index >= 15 is 0 Å². The highest BCUT2D eigenvalue weighted by molar-refractivity contribution is 9.10. The van der Waals surface area contributed by atoms with E-state index in [1.807, 2.05) is 24.3 Å². The van der Waals surface area contributed by atoms with Gasteiger partial charge in [0.1, 0.15) is 5.76 Å². The Labute approximate surface area is 165 Å². The van der Waals surface area contributed by atoms with Gasteiger partial charge in [-0.1, -0.05) is 48.0 Å². The Bertz CT molecular complexity index is 749. The summed E-state index contributed by atoms with van der Waals surface area (Å²) in [4.78, 5) is 13.2. The molecule has 3 rings (SSSR count). The monoisotopic (exact) mass is 437 g/mol. The zero-order valence-corrected chi connectivity index (χ0v) is 17.1. The Morgan fingerprint density at radius 2 is 1.69 bits per heavy atom. The Morgan fingerprint density at radius 1 is 1.04 bits per heavy atom. The fraction of sp³-hybridized carbons (Fsp3) is 0.450. The van der Waals surface area contributed by atoms with E-state index in [4.69, 9.17) is 4.42 Å². The first-order valence-electron chi connectivity index (χ1n) is 9.15. The van der Waals surface area contributed by atoms with Gasteiger partial charge < -0.3 is 9.73 Å². The van der Waals surface area contributed by atoms with Crippen molar-refractivity contribution in [2.75, 3.05) is 0 Å². The van der Waals surface area contributed by atoms with Crippen molar-refractivity contribution in [3.05, 3.63) is 52.4 Å². The second kappa shape index (κ2) is 9.51. The smallest absolute Gasteiger partial charge is 0.287 e. The number of furan rings is 1. The Balaban J connectivity index is 1.57. The fourth-order valence-electron chi connectivity index (χ4n) is 3.23. The normalized spacial score (nSPS) is 17.3. The van der Waals surface area contributed by atoms with Crippen molar-refractivity contribution in [3.63, 3.8) is 0 Å². The van der Waals surface area contributed by atoms with E-state index in [0.717, 1.165) is 22.2 Å². The summed E-state index contributed by atoms with van der Waals surface area (Å²) in [5.41, 5.74) is 0. The van der Waals surface area contributed by atoms with E-state index in [1.54, 1.807) is 12.1 Å². The lowest BCUT2D eigenvalue weighted by molar-refractivity contribution is 0.0901. The third kappa shape index (κ3) is 5.55. The molecule has 1 N–H and O–H groups in total. The molecule has 1 aromatic carbocycles. The summed E-state index contributed by atoms with van der Waals surface area (Å²) in [6, 6.07) is 11.0. The highest BCUT2D eigenvalue weighted by atomic mass is 79.9. The predicted molar refractivity (Wildman–Crippen MR) is 107 cm³/mol. The van der Waals surface area contributed by atoms with Crippen LogP contribution in [0.3, 0.4) is 0 Å². The molecule has 0 radical (unpaired) electrons. The first kappa shape index (κ1) is 19.4. The van der Waals surface area contributed by atoms with Gasteiger partial charge in [-0.15, -0.1) is 0 Å². The van der Waals surface area contributed by atoms with Crippen molar-refractivity contribution in [1.82, 2.24) is 5.32 Å². The molecule has 26 heavy (non-hydrogen) atoms. The van der Waals surface area contributed by atoms with Crippen LogP contribution in [0, 0.1) is 0 Å². The Morgan fingerprint density at radius 3 is 2.38 bits per heavy atom. The minimum absolute atomic E-state index is 0.170. The minimum Gasteiger partial charge on any atom is -0.455 e. The van der Waals surface area contributed by atoms with Crippen molar-refractivity contribution in [2.45, 2.75) is 61.6 Å². The van der Waals surface area contributed by atoms with E-state index < -0.39 is 10.8 Å². The van der Waals surface area contributed by atoms with Crippen LogP contribution >= 0.6 is 15.9 Å². The summed E-state index contributed by atoms with van der Waals surface area (Å²) in [6.07, 6.45) is 8.21. The summed E-state index contributed by atoms with van der Waals surface area (Å²) in [6.45, 7) is 0. The molecule has 0 saturated heterocycles. The molecular weight excluding hydrogens is 414 g/mol. The van der Waals surface area contributed by atoms with Crippen molar-refractivity contribution in [3.8, 4) is 0 Å².